The fraction of sp³-hybridized carbons (Fsp3) is 0.111. The number of nitrogens with zero attached hydrogens (tertiary/aromatic N) is 1. The summed E-state index contributed by atoms with van der Waals surface area (Å²) in [5.74, 6) is 0.982. The summed E-state index contributed by atoms with van der Waals surface area (Å²) in [6.45, 7) is 4.24. The molecule has 4 aromatic rings. The van der Waals surface area contributed by atoms with E-state index in [1.807, 2.05) is 54.6 Å². The van der Waals surface area contributed by atoms with Crippen molar-refractivity contribution in [1.82, 2.24) is 5.43 Å². The lowest BCUT2D eigenvalue weighted by molar-refractivity contribution is 0.0929. The molecule has 1 aromatic heterocycles. The number of fused-ring (bicyclic) bond motifs is 1. The van der Waals surface area contributed by atoms with E-state index in [4.69, 9.17) is 13.9 Å². The number of benzene rings is 3. The van der Waals surface area contributed by atoms with Crippen LogP contribution >= 0.6 is 15.9 Å². The van der Waals surface area contributed by atoms with Crippen LogP contribution in [0.1, 0.15) is 27.2 Å². The van der Waals surface area contributed by atoms with Crippen molar-refractivity contribution in [3.05, 3.63) is 106 Å². The molecule has 3 aromatic carbocycles. The molecule has 6 nitrogen and oxygen atoms in total. The number of ether oxygens (including phenoxy) is 2. The smallest absolute Gasteiger partial charge is 0.307 e. The maximum atomic E-state index is 12.4. The highest BCUT2D eigenvalue weighted by atomic mass is 79.9. The molecule has 0 saturated carbocycles. The molecule has 7 heteroatoms. The fourth-order valence-corrected chi connectivity index (χ4v) is 3.70. The number of halogens is 1. The Morgan fingerprint density at radius 1 is 1.15 bits per heavy atom. The molecule has 0 aliphatic carbocycles. The van der Waals surface area contributed by atoms with E-state index < -0.39 is 5.91 Å². The Labute approximate surface area is 206 Å². The second-order valence-electron chi connectivity index (χ2n) is 7.47. The number of methoxy groups -OCH3 is 1. The first-order valence-electron chi connectivity index (χ1n) is 10.6. The first-order valence-corrected chi connectivity index (χ1v) is 11.4. The highest BCUT2D eigenvalue weighted by Gasteiger charge is 2.14. The molecule has 0 saturated heterocycles. The number of para-hydroxylation sites is 1. The summed E-state index contributed by atoms with van der Waals surface area (Å²) in [6.07, 6.45) is 3.93. The molecular formula is C27H23BrN2O4. The Kier molecular flexibility index (Phi) is 7.44. The Morgan fingerprint density at radius 3 is 2.68 bits per heavy atom. The number of amides is 1. The van der Waals surface area contributed by atoms with Crippen LogP contribution < -0.4 is 14.9 Å². The number of carbonyl (C=O) groups excluding carboxylic acids is 1. The van der Waals surface area contributed by atoms with E-state index in [-0.39, 0.29) is 5.76 Å². The van der Waals surface area contributed by atoms with Gasteiger partial charge in [0.15, 0.2) is 17.3 Å². The van der Waals surface area contributed by atoms with Crippen molar-refractivity contribution in [2.75, 3.05) is 7.11 Å². The number of allylic oxidation sites excluding steroid dienone is 1. The predicted molar refractivity (Wildman–Crippen MR) is 137 cm³/mol. The largest absolute Gasteiger partial charge is 0.493 e. The van der Waals surface area contributed by atoms with Gasteiger partial charge in [-0.15, -0.1) is 6.58 Å². The molecule has 0 aliphatic rings. The van der Waals surface area contributed by atoms with Gasteiger partial charge in [0.25, 0.3) is 0 Å². The van der Waals surface area contributed by atoms with Gasteiger partial charge in [-0.25, -0.2) is 5.43 Å². The van der Waals surface area contributed by atoms with Crippen LogP contribution in [0.3, 0.4) is 0 Å². The van der Waals surface area contributed by atoms with Gasteiger partial charge in [0.1, 0.15) is 12.2 Å². The van der Waals surface area contributed by atoms with Crippen LogP contribution in [-0.2, 0) is 13.0 Å². The van der Waals surface area contributed by atoms with E-state index in [0.717, 1.165) is 26.5 Å². The van der Waals surface area contributed by atoms with Crippen LogP contribution in [0.5, 0.6) is 11.5 Å². The first kappa shape index (κ1) is 23.3. The van der Waals surface area contributed by atoms with Crippen LogP contribution in [0.25, 0.3) is 11.0 Å². The quantitative estimate of drug-likeness (QED) is 0.161. The van der Waals surface area contributed by atoms with Crippen LogP contribution in [0, 0.1) is 0 Å². The number of rotatable bonds is 9. The second kappa shape index (κ2) is 10.9. The average molecular weight is 519 g/mol. The minimum atomic E-state index is -0.430. The summed E-state index contributed by atoms with van der Waals surface area (Å²) in [5, 5.41) is 4.94. The zero-order chi connectivity index (χ0) is 23.9. The Hall–Kier alpha value is -3.84. The van der Waals surface area contributed by atoms with Gasteiger partial charge in [-0.2, -0.15) is 5.10 Å². The highest BCUT2D eigenvalue weighted by molar-refractivity contribution is 9.10. The molecule has 172 valence electrons. The van der Waals surface area contributed by atoms with Gasteiger partial charge < -0.3 is 13.9 Å². The van der Waals surface area contributed by atoms with Crippen LogP contribution in [-0.4, -0.2) is 19.2 Å². The van der Waals surface area contributed by atoms with E-state index in [9.17, 15) is 4.79 Å². The van der Waals surface area contributed by atoms with E-state index in [1.165, 1.54) is 0 Å². The number of furan rings is 1. The minimum absolute atomic E-state index is 0.194. The fourth-order valence-electron chi connectivity index (χ4n) is 3.43. The topological polar surface area (TPSA) is 73.1 Å². The van der Waals surface area contributed by atoms with Crippen molar-refractivity contribution >= 4 is 39.0 Å². The third-order valence-corrected chi connectivity index (χ3v) is 5.59. The lowest BCUT2D eigenvalue weighted by Crippen LogP contribution is -2.16. The minimum Gasteiger partial charge on any atom is -0.493 e. The monoisotopic (exact) mass is 518 g/mol. The third-order valence-electron chi connectivity index (χ3n) is 5.06. The van der Waals surface area contributed by atoms with Gasteiger partial charge in [0, 0.05) is 15.4 Å². The van der Waals surface area contributed by atoms with E-state index >= 15 is 0 Å². The van der Waals surface area contributed by atoms with Gasteiger partial charge in [0.2, 0.25) is 0 Å². The average Bonchev–Trinajstić information content (AvgIpc) is 3.29. The molecule has 0 atom stereocenters. The standard InChI is InChI=1S/C27H23BrN2O4/c1-3-6-21-13-19(14-24(32-2)26(21)33-17-18-9-11-22(28)12-10-18)16-29-30-27(31)25-15-20-7-4-5-8-23(20)34-25/h3-5,7-16H,1,6,17H2,2H3,(H,30,31)/b29-16+. The number of nitrogens with one attached hydrogen (secondary N) is 1. The Balaban J connectivity index is 1.50. The van der Waals surface area contributed by atoms with Gasteiger partial charge in [-0.1, -0.05) is 52.3 Å². The van der Waals surface area contributed by atoms with Gasteiger partial charge in [-0.3, -0.25) is 4.79 Å². The summed E-state index contributed by atoms with van der Waals surface area (Å²) in [7, 11) is 1.59. The van der Waals surface area contributed by atoms with Crippen LogP contribution in [0.2, 0.25) is 0 Å². The van der Waals surface area contributed by atoms with Crippen LogP contribution in [0.15, 0.2) is 93.4 Å². The molecule has 1 amide bonds. The van der Waals surface area contributed by atoms with Crippen molar-refractivity contribution in [2.45, 2.75) is 13.0 Å². The normalized spacial score (nSPS) is 11.0. The molecule has 0 spiro atoms. The molecule has 1 heterocycles. The van der Waals surface area contributed by atoms with Crippen molar-refractivity contribution in [3.8, 4) is 11.5 Å². The first-order chi connectivity index (χ1) is 16.6. The number of hydrogen-bond acceptors (Lipinski definition) is 5. The summed E-state index contributed by atoms with van der Waals surface area (Å²) in [6, 6.07) is 20.8. The maximum Gasteiger partial charge on any atom is 0.307 e. The Bertz CT molecular complexity index is 1310. The van der Waals surface area contributed by atoms with Gasteiger partial charge in [0.05, 0.1) is 13.3 Å². The molecule has 0 radical (unpaired) electrons. The highest BCUT2D eigenvalue weighted by Crippen LogP contribution is 2.34. The summed E-state index contributed by atoms with van der Waals surface area (Å²) < 4.78 is 18.3. The van der Waals surface area contributed by atoms with Crippen LogP contribution in [0.4, 0.5) is 0 Å². The lowest BCUT2D eigenvalue weighted by atomic mass is 10.1. The molecular weight excluding hydrogens is 496 g/mol. The number of hydrazone groups is 1. The second-order valence-corrected chi connectivity index (χ2v) is 8.38. The SMILES string of the molecule is C=CCc1cc(/C=N/NC(=O)c2cc3ccccc3o2)cc(OC)c1OCc1ccc(Br)cc1. The molecule has 4 rings (SSSR count). The summed E-state index contributed by atoms with van der Waals surface area (Å²) >= 11 is 3.44. The maximum absolute atomic E-state index is 12.4. The van der Waals surface area contributed by atoms with E-state index in [1.54, 1.807) is 31.5 Å². The zero-order valence-electron chi connectivity index (χ0n) is 18.6. The molecule has 0 bridgehead atoms. The van der Waals surface area contributed by atoms with Crippen molar-refractivity contribution < 1.29 is 18.7 Å². The Morgan fingerprint density at radius 2 is 1.94 bits per heavy atom. The molecule has 0 unspecified atom stereocenters. The van der Waals surface area contributed by atoms with Gasteiger partial charge in [-0.05, 0) is 53.9 Å². The van der Waals surface area contributed by atoms with E-state index in [0.29, 0.717) is 30.1 Å². The van der Waals surface area contributed by atoms with E-state index in [2.05, 4.69) is 33.0 Å². The predicted octanol–water partition coefficient (Wildman–Crippen LogP) is 6.28. The van der Waals surface area contributed by atoms with Crippen molar-refractivity contribution in [1.29, 1.82) is 0 Å². The summed E-state index contributed by atoms with van der Waals surface area (Å²) in [4.78, 5) is 12.4. The molecule has 0 aliphatic heterocycles. The zero-order valence-corrected chi connectivity index (χ0v) is 20.2. The van der Waals surface area contributed by atoms with Gasteiger partial charge >= 0.3 is 5.91 Å². The number of hydrogen-bond donors (Lipinski definition) is 1. The van der Waals surface area contributed by atoms with Crippen molar-refractivity contribution in [2.24, 2.45) is 5.10 Å². The van der Waals surface area contributed by atoms with Crippen molar-refractivity contribution in [3.63, 3.8) is 0 Å². The lowest BCUT2D eigenvalue weighted by Gasteiger charge is -2.16. The number of carbonyl (C=O) groups is 1. The molecule has 34 heavy (non-hydrogen) atoms. The summed E-state index contributed by atoms with van der Waals surface area (Å²) in [5.41, 5.74) is 5.83. The third kappa shape index (κ3) is 5.55. The molecule has 0 fully saturated rings. The molecule has 1 N–H and O–H groups in total.